The third-order valence-corrected chi connectivity index (χ3v) is 3.27. The van der Waals surface area contributed by atoms with Crippen LogP contribution in [0.25, 0.3) is 0 Å². The van der Waals surface area contributed by atoms with Crippen LogP contribution in [0.4, 0.5) is 0 Å². The van der Waals surface area contributed by atoms with Crippen LogP contribution in [0, 0.1) is 0 Å². The maximum atomic E-state index is 12.3. The minimum Gasteiger partial charge on any atom is -0.392 e. The second-order valence-electron chi connectivity index (χ2n) is 4.90. The number of aliphatic hydroxyl groups is 1. The molecule has 0 aliphatic carbocycles. The van der Waals surface area contributed by atoms with Crippen LogP contribution in [0.1, 0.15) is 24.1 Å². The van der Waals surface area contributed by atoms with Crippen molar-refractivity contribution < 1.29 is 9.90 Å². The maximum absolute atomic E-state index is 12.3. The summed E-state index contributed by atoms with van der Waals surface area (Å²) >= 11 is 0. The first-order valence-corrected chi connectivity index (χ1v) is 6.34. The average molecular weight is 248 g/mol. The van der Waals surface area contributed by atoms with Crippen LogP contribution in [-0.4, -0.2) is 42.2 Å². The van der Waals surface area contributed by atoms with E-state index in [9.17, 15) is 9.90 Å². The van der Waals surface area contributed by atoms with E-state index in [0.29, 0.717) is 6.54 Å². The quantitative estimate of drug-likeness (QED) is 0.828. The molecule has 0 bridgehead atoms. The predicted octanol–water partition coefficient (Wildman–Crippen LogP) is 0.713. The molecular formula is C14H20N2O2. The summed E-state index contributed by atoms with van der Waals surface area (Å²) in [5.74, 6) is 0.0167. The molecule has 0 saturated heterocycles. The molecule has 4 heteroatoms. The van der Waals surface area contributed by atoms with E-state index in [1.807, 2.05) is 18.2 Å². The van der Waals surface area contributed by atoms with Gasteiger partial charge in [0.25, 0.3) is 0 Å². The lowest BCUT2D eigenvalue weighted by molar-refractivity contribution is -0.133. The van der Waals surface area contributed by atoms with Crippen molar-refractivity contribution in [1.82, 2.24) is 10.2 Å². The summed E-state index contributed by atoms with van der Waals surface area (Å²) in [6.45, 7) is 2.86. The van der Waals surface area contributed by atoms with Crippen molar-refractivity contribution in [1.29, 1.82) is 0 Å². The van der Waals surface area contributed by atoms with Gasteiger partial charge in [0, 0.05) is 20.1 Å². The summed E-state index contributed by atoms with van der Waals surface area (Å²) in [7, 11) is 1.73. The molecule has 1 aromatic carbocycles. The lowest BCUT2D eigenvalue weighted by Gasteiger charge is -2.30. The number of aliphatic hydroxyl groups excluding tert-OH is 1. The summed E-state index contributed by atoms with van der Waals surface area (Å²) in [5.41, 5.74) is 2.30. The van der Waals surface area contributed by atoms with Crippen molar-refractivity contribution in [2.24, 2.45) is 0 Å². The number of rotatable bonds is 3. The second-order valence-corrected chi connectivity index (χ2v) is 4.90. The second kappa shape index (κ2) is 5.50. The number of nitrogens with zero attached hydrogens (tertiary/aromatic N) is 1. The fourth-order valence-electron chi connectivity index (χ4n) is 2.43. The molecule has 0 aromatic heterocycles. The van der Waals surface area contributed by atoms with Gasteiger partial charge in [0.15, 0.2) is 0 Å². The molecule has 4 nitrogen and oxygen atoms in total. The van der Waals surface area contributed by atoms with Crippen LogP contribution in [0.2, 0.25) is 0 Å². The molecular weight excluding hydrogens is 228 g/mol. The Morgan fingerprint density at radius 2 is 2.28 bits per heavy atom. The van der Waals surface area contributed by atoms with Gasteiger partial charge in [-0.15, -0.1) is 0 Å². The first-order valence-electron chi connectivity index (χ1n) is 6.34. The summed E-state index contributed by atoms with van der Waals surface area (Å²) in [4.78, 5) is 13.9. The Morgan fingerprint density at radius 3 is 3.00 bits per heavy atom. The molecule has 1 heterocycles. The van der Waals surface area contributed by atoms with E-state index in [1.165, 1.54) is 5.56 Å². The van der Waals surface area contributed by atoms with Gasteiger partial charge < -0.3 is 15.3 Å². The zero-order valence-electron chi connectivity index (χ0n) is 10.9. The average Bonchev–Trinajstić information content (AvgIpc) is 2.36. The first kappa shape index (κ1) is 13.1. The smallest absolute Gasteiger partial charge is 0.244 e. The normalized spacial score (nSPS) is 20.1. The lowest BCUT2D eigenvalue weighted by atomic mass is 9.93. The first-order chi connectivity index (χ1) is 8.59. The number of carbonyl (C=O) groups excluding carboxylic acids is 1. The van der Waals surface area contributed by atoms with Gasteiger partial charge in [-0.1, -0.05) is 24.3 Å². The van der Waals surface area contributed by atoms with Gasteiger partial charge in [-0.25, -0.2) is 0 Å². The highest BCUT2D eigenvalue weighted by molar-refractivity contribution is 5.83. The minimum atomic E-state index is -0.502. The number of fused-ring (bicyclic) bond motifs is 1. The van der Waals surface area contributed by atoms with E-state index < -0.39 is 6.10 Å². The van der Waals surface area contributed by atoms with Gasteiger partial charge in [0.1, 0.15) is 6.04 Å². The monoisotopic (exact) mass is 248 g/mol. The zero-order chi connectivity index (χ0) is 13.1. The highest BCUT2D eigenvalue weighted by atomic mass is 16.3. The number of amides is 1. The molecule has 2 atom stereocenters. The molecule has 1 amide bonds. The molecule has 0 saturated carbocycles. The molecule has 1 aliphatic heterocycles. The van der Waals surface area contributed by atoms with Crippen molar-refractivity contribution in [3.63, 3.8) is 0 Å². The van der Waals surface area contributed by atoms with Gasteiger partial charge in [0.05, 0.1) is 6.10 Å². The predicted molar refractivity (Wildman–Crippen MR) is 70.2 cm³/mol. The number of benzene rings is 1. The van der Waals surface area contributed by atoms with E-state index >= 15 is 0 Å². The molecule has 0 radical (unpaired) electrons. The van der Waals surface area contributed by atoms with E-state index in [2.05, 4.69) is 11.4 Å². The third kappa shape index (κ3) is 2.71. The number of carbonyl (C=O) groups is 1. The van der Waals surface area contributed by atoms with Crippen molar-refractivity contribution >= 4 is 5.91 Å². The summed E-state index contributed by atoms with van der Waals surface area (Å²) in [5, 5.41) is 12.6. The van der Waals surface area contributed by atoms with Gasteiger partial charge in [-0.3, -0.25) is 4.79 Å². The van der Waals surface area contributed by atoms with Crippen molar-refractivity contribution in [3.8, 4) is 0 Å². The van der Waals surface area contributed by atoms with Crippen LogP contribution >= 0.6 is 0 Å². The molecule has 0 fully saturated rings. The van der Waals surface area contributed by atoms with Crippen molar-refractivity contribution in [2.75, 3.05) is 20.1 Å². The highest BCUT2D eigenvalue weighted by Gasteiger charge is 2.28. The molecule has 2 rings (SSSR count). The van der Waals surface area contributed by atoms with Crippen LogP contribution in [0.3, 0.4) is 0 Å². The molecule has 2 unspecified atom stereocenters. The Kier molecular flexibility index (Phi) is 3.99. The minimum absolute atomic E-state index is 0.0167. The summed E-state index contributed by atoms with van der Waals surface area (Å²) in [6.07, 6.45) is 0.456. The van der Waals surface area contributed by atoms with Crippen LogP contribution < -0.4 is 5.32 Å². The fraction of sp³-hybridized carbons (Fsp3) is 0.500. The molecule has 1 aromatic rings. The van der Waals surface area contributed by atoms with Gasteiger partial charge >= 0.3 is 0 Å². The van der Waals surface area contributed by atoms with Gasteiger partial charge in [-0.2, -0.15) is 0 Å². The topological polar surface area (TPSA) is 52.6 Å². The summed E-state index contributed by atoms with van der Waals surface area (Å²) < 4.78 is 0. The van der Waals surface area contributed by atoms with E-state index in [-0.39, 0.29) is 11.9 Å². The van der Waals surface area contributed by atoms with E-state index in [4.69, 9.17) is 0 Å². The molecule has 98 valence electrons. The molecule has 2 N–H and O–H groups in total. The highest BCUT2D eigenvalue weighted by Crippen LogP contribution is 2.24. The Morgan fingerprint density at radius 1 is 1.56 bits per heavy atom. The number of hydrogen-bond donors (Lipinski definition) is 2. The largest absolute Gasteiger partial charge is 0.392 e. The number of likely N-dealkylation sites (N-methyl/N-ethyl adjacent to an activating group) is 1. The van der Waals surface area contributed by atoms with Crippen LogP contribution in [0.15, 0.2) is 24.3 Å². The Bertz CT molecular complexity index is 432. The number of nitrogens with one attached hydrogen (secondary N) is 1. The molecule has 0 spiro atoms. The molecule has 18 heavy (non-hydrogen) atoms. The van der Waals surface area contributed by atoms with Crippen molar-refractivity contribution in [2.45, 2.75) is 25.5 Å². The lowest BCUT2D eigenvalue weighted by Crippen LogP contribution is -2.44. The standard InChI is InChI=1S/C14H20N2O2/c1-10(17)9-16(2)14(18)13-12-6-4-3-5-11(12)7-8-15-13/h3-6,10,13,15,17H,7-9H2,1-2H3. The van der Waals surface area contributed by atoms with Gasteiger partial charge in [0.2, 0.25) is 5.91 Å². The molecule has 1 aliphatic rings. The van der Waals surface area contributed by atoms with Crippen LogP contribution in [0.5, 0.6) is 0 Å². The Labute approximate surface area is 108 Å². The Balaban J connectivity index is 2.17. The maximum Gasteiger partial charge on any atom is 0.244 e. The summed E-state index contributed by atoms with van der Waals surface area (Å²) in [6, 6.07) is 7.76. The number of hydrogen-bond acceptors (Lipinski definition) is 3. The van der Waals surface area contributed by atoms with Crippen LogP contribution in [-0.2, 0) is 11.2 Å². The Hall–Kier alpha value is -1.39. The SMILES string of the molecule is CC(O)CN(C)C(=O)C1NCCc2ccccc21. The van der Waals surface area contributed by atoms with E-state index in [0.717, 1.165) is 18.5 Å². The van der Waals surface area contributed by atoms with E-state index in [1.54, 1.807) is 18.9 Å². The fourth-order valence-corrected chi connectivity index (χ4v) is 2.43. The third-order valence-electron chi connectivity index (χ3n) is 3.27. The zero-order valence-corrected chi connectivity index (χ0v) is 10.9. The van der Waals surface area contributed by atoms with Gasteiger partial charge in [-0.05, 0) is 24.5 Å². The van der Waals surface area contributed by atoms with Crippen molar-refractivity contribution in [3.05, 3.63) is 35.4 Å².